The largest absolute Gasteiger partial charge is 0.488 e. The van der Waals surface area contributed by atoms with Gasteiger partial charge in [0.2, 0.25) is 5.91 Å². The fourth-order valence-corrected chi connectivity index (χ4v) is 3.23. The Morgan fingerprint density at radius 2 is 1.97 bits per heavy atom. The van der Waals surface area contributed by atoms with Gasteiger partial charge in [0.1, 0.15) is 12.4 Å². The van der Waals surface area contributed by atoms with Gasteiger partial charge in [-0.15, -0.1) is 0 Å². The van der Waals surface area contributed by atoms with Gasteiger partial charge in [0.15, 0.2) is 0 Å². The Morgan fingerprint density at radius 3 is 2.72 bits per heavy atom. The molecule has 2 amide bonds. The van der Waals surface area contributed by atoms with Gasteiger partial charge in [-0.05, 0) is 61.9 Å². The SMILES string of the molecule is CCN(CC)C(=O)c1cccc(NC(=O)/C=C/C2=Cc3cc(Cl)ccc3OC2)c1. The van der Waals surface area contributed by atoms with E-state index in [1.165, 1.54) is 6.08 Å². The van der Waals surface area contributed by atoms with Crippen LogP contribution in [-0.2, 0) is 4.79 Å². The third-order valence-electron chi connectivity index (χ3n) is 4.58. The first-order valence-electron chi connectivity index (χ1n) is 9.51. The van der Waals surface area contributed by atoms with Crippen molar-refractivity contribution in [3.63, 3.8) is 0 Å². The maximum absolute atomic E-state index is 12.5. The summed E-state index contributed by atoms with van der Waals surface area (Å²) >= 11 is 6.02. The van der Waals surface area contributed by atoms with Crippen LogP contribution in [0.1, 0.15) is 29.8 Å². The number of nitrogens with one attached hydrogen (secondary N) is 1. The molecule has 2 aromatic carbocycles. The van der Waals surface area contributed by atoms with Crippen molar-refractivity contribution < 1.29 is 14.3 Å². The lowest BCUT2D eigenvalue weighted by molar-refractivity contribution is -0.111. The van der Waals surface area contributed by atoms with E-state index in [0.717, 1.165) is 16.9 Å². The van der Waals surface area contributed by atoms with Crippen molar-refractivity contribution in [3.8, 4) is 5.75 Å². The average molecular weight is 411 g/mol. The molecular weight excluding hydrogens is 388 g/mol. The molecule has 0 aliphatic carbocycles. The monoisotopic (exact) mass is 410 g/mol. The molecule has 0 saturated heterocycles. The normalized spacial score (nSPS) is 12.7. The van der Waals surface area contributed by atoms with Crippen molar-refractivity contribution in [1.82, 2.24) is 4.90 Å². The van der Waals surface area contributed by atoms with E-state index in [0.29, 0.717) is 36.0 Å². The van der Waals surface area contributed by atoms with Crippen LogP contribution in [0.4, 0.5) is 5.69 Å². The van der Waals surface area contributed by atoms with Crippen LogP contribution < -0.4 is 10.1 Å². The Labute approximate surface area is 175 Å². The standard InChI is InChI=1S/C23H23ClN2O3/c1-3-26(4-2)23(28)17-6-5-7-20(14-17)25-22(27)11-8-16-12-18-13-19(24)9-10-21(18)29-15-16/h5-14H,3-4,15H2,1-2H3,(H,25,27)/b11-8+. The van der Waals surface area contributed by atoms with Crippen LogP contribution in [0, 0.1) is 0 Å². The summed E-state index contributed by atoms with van der Waals surface area (Å²) in [5.74, 6) is 0.435. The van der Waals surface area contributed by atoms with Gasteiger partial charge >= 0.3 is 0 Å². The molecule has 0 saturated carbocycles. The van der Waals surface area contributed by atoms with Gasteiger partial charge < -0.3 is 15.0 Å². The van der Waals surface area contributed by atoms with Gasteiger partial charge in [-0.3, -0.25) is 9.59 Å². The number of carbonyl (C=O) groups is 2. The maximum Gasteiger partial charge on any atom is 0.253 e. The van der Waals surface area contributed by atoms with Gasteiger partial charge in [0, 0.05) is 41.0 Å². The molecule has 5 nitrogen and oxygen atoms in total. The second kappa shape index (κ2) is 9.43. The molecule has 3 rings (SSSR count). The fourth-order valence-electron chi connectivity index (χ4n) is 3.05. The first kappa shape index (κ1) is 20.7. The Bertz CT molecular complexity index is 978. The molecule has 0 spiro atoms. The molecule has 1 N–H and O–H groups in total. The summed E-state index contributed by atoms with van der Waals surface area (Å²) < 4.78 is 5.68. The lowest BCUT2D eigenvalue weighted by atomic mass is 10.1. The summed E-state index contributed by atoms with van der Waals surface area (Å²) in [5.41, 5.74) is 2.86. The number of anilines is 1. The number of benzene rings is 2. The number of fused-ring (bicyclic) bond motifs is 1. The highest BCUT2D eigenvalue weighted by Crippen LogP contribution is 2.29. The van der Waals surface area contributed by atoms with Crippen LogP contribution in [0.2, 0.25) is 5.02 Å². The van der Waals surface area contributed by atoms with Crippen molar-refractivity contribution in [2.24, 2.45) is 0 Å². The highest BCUT2D eigenvalue weighted by atomic mass is 35.5. The smallest absolute Gasteiger partial charge is 0.253 e. The summed E-state index contributed by atoms with van der Waals surface area (Å²) in [6, 6.07) is 12.4. The third kappa shape index (κ3) is 5.27. The van der Waals surface area contributed by atoms with Crippen LogP contribution in [0.25, 0.3) is 6.08 Å². The van der Waals surface area contributed by atoms with Crippen molar-refractivity contribution >= 4 is 35.2 Å². The van der Waals surface area contributed by atoms with Crippen LogP contribution in [0.15, 0.2) is 60.2 Å². The number of nitrogens with zero attached hydrogens (tertiary/aromatic N) is 1. The molecule has 29 heavy (non-hydrogen) atoms. The summed E-state index contributed by atoms with van der Waals surface area (Å²) in [7, 11) is 0. The van der Waals surface area contributed by atoms with Crippen LogP contribution in [0.5, 0.6) is 5.75 Å². The fraction of sp³-hybridized carbons (Fsp3) is 0.217. The average Bonchev–Trinajstić information content (AvgIpc) is 2.73. The van der Waals surface area contributed by atoms with Crippen LogP contribution >= 0.6 is 11.6 Å². The predicted octanol–water partition coefficient (Wildman–Crippen LogP) is 4.79. The Morgan fingerprint density at radius 1 is 1.17 bits per heavy atom. The second-order valence-corrected chi connectivity index (χ2v) is 7.01. The highest BCUT2D eigenvalue weighted by molar-refractivity contribution is 6.30. The first-order chi connectivity index (χ1) is 14.0. The van der Waals surface area contributed by atoms with Crippen molar-refractivity contribution in [1.29, 1.82) is 0 Å². The molecule has 0 aromatic heterocycles. The molecule has 1 aliphatic rings. The van der Waals surface area contributed by atoms with Crippen LogP contribution in [0.3, 0.4) is 0 Å². The molecule has 6 heteroatoms. The number of hydrogen-bond acceptors (Lipinski definition) is 3. The van der Waals surface area contributed by atoms with Crippen molar-refractivity contribution in [2.45, 2.75) is 13.8 Å². The predicted molar refractivity (Wildman–Crippen MR) is 116 cm³/mol. The molecule has 0 radical (unpaired) electrons. The van der Waals surface area contributed by atoms with E-state index in [1.54, 1.807) is 41.3 Å². The van der Waals surface area contributed by atoms with E-state index in [9.17, 15) is 9.59 Å². The van der Waals surface area contributed by atoms with E-state index in [1.807, 2.05) is 32.1 Å². The molecule has 2 aromatic rings. The molecule has 0 bridgehead atoms. The summed E-state index contributed by atoms with van der Waals surface area (Å²) in [6.07, 6.45) is 5.10. The molecule has 1 heterocycles. The Balaban J connectivity index is 1.67. The lowest BCUT2D eigenvalue weighted by Crippen LogP contribution is -2.30. The van der Waals surface area contributed by atoms with Gasteiger partial charge in [0.05, 0.1) is 0 Å². The van der Waals surface area contributed by atoms with E-state index in [-0.39, 0.29) is 11.8 Å². The van der Waals surface area contributed by atoms with Crippen molar-refractivity contribution in [2.75, 3.05) is 25.0 Å². The minimum Gasteiger partial charge on any atom is -0.488 e. The molecule has 1 aliphatic heterocycles. The third-order valence-corrected chi connectivity index (χ3v) is 4.82. The van der Waals surface area contributed by atoms with E-state index < -0.39 is 0 Å². The number of halogens is 1. The highest BCUT2D eigenvalue weighted by Gasteiger charge is 2.13. The second-order valence-electron chi connectivity index (χ2n) is 6.57. The molecule has 0 atom stereocenters. The van der Waals surface area contributed by atoms with Gasteiger partial charge in [-0.25, -0.2) is 0 Å². The topological polar surface area (TPSA) is 58.6 Å². The Kier molecular flexibility index (Phi) is 6.73. The van der Waals surface area contributed by atoms with E-state index in [4.69, 9.17) is 16.3 Å². The zero-order valence-electron chi connectivity index (χ0n) is 16.4. The van der Waals surface area contributed by atoms with Gasteiger partial charge in [-0.1, -0.05) is 23.7 Å². The first-order valence-corrected chi connectivity index (χ1v) is 9.89. The lowest BCUT2D eigenvalue weighted by Gasteiger charge is -2.19. The summed E-state index contributed by atoms with van der Waals surface area (Å²) in [4.78, 5) is 26.5. The minimum absolute atomic E-state index is 0.0523. The number of hydrogen-bond donors (Lipinski definition) is 1. The number of carbonyl (C=O) groups excluding carboxylic acids is 2. The zero-order chi connectivity index (χ0) is 20.8. The Hall–Kier alpha value is -3.05. The number of amides is 2. The molecule has 0 fully saturated rings. The summed E-state index contributed by atoms with van der Waals surface area (Å²) in [6.45, 7) is 5.54. The zero-order valence-corrected chi connectivity index (χ0v) is 17.2. The minimum atomic E-state index is -0.282. The number of ether oxygens (including phenoxy) is 1. The van der Waals surface area contributed by atoms with E-state index >= 15 is 0 Å². The van der Waals surface area contributed by atoms with Gasteiger partial charge in [0.25, 0.3) is 5.91 Å². The molecular formula is C23H23ClN2O3. The van der Waals surface area contributed by atoms with Crippen LogP contribution in [-0.4, -0.2) is 36.4 Å². The maximum atomic E-state index is 12.5. The summed E-state index contributed by atoms with van der Waals surface area (Å²) in [5, 5.41) is 3.42. The molecule has 150 valence electrons. The van der Waals surface area contributed by atoms with Crippen molar-refractivity contribution in [3.05, 3.63) is 76.3 Å². The molecule has 0 unspecified atom stereocenters. The number of rotatable bonds is 6. The van der Waals surface area contributed by atoms with E-state index in [2.05, 4.69) is 5.32 Å². The quantitative estimate of drug-likeness (QED) is 0.696. The van der Waals surface area contributed by atoms with Gasteiger partial charge in [-0.2, -0.15) is 0 Å².